The van der Waals surface area contributed by atoms with Crippen molar-refractivity contribution in [2.75, 3.05) is 23.5 Å². The first-order valence-electron chi connectivity index (χ1n) is 10.1. The predicted octanol–water partition coefficient (Wildman–Crippen LogP) is 4.40. The number of benzene rings is 2. The second-order valence-corrected chi connectivity index (χ2v) is 8.23. The number of hydrogen-bond donors (Lipinski definition) is 2. The largest absolute Gasteiger partial charge is 0.495 e. The van der Waals surface area contributed by atoms with Gasteiger partial charge in [-0.25, -0.2) is 4.39 Å². The number of carbonyl (C=O) groups is 2. The molecule has 174 valence electrons. The van der Waals surface area contributed by atoms with Gasteiger partial charge >= 0.3 is 0 Å². The van der Waals surface area contributed by atoms with E-state index in [1.807, 2.05) is 11.5 Å². The summed E-state index contributed by atoms with van der Waals surface area (Å²) in [6.07, 6.45) is 0.444. The number of thioether (sulfide) groups is 1. The number of methoxy groups -OCH3 is 1. The van der Waals surface area contributed by atoms with Gasteiger partial charge in [0.2, 0.25) is 11.8 Å². The number of rotatable bonds is 10. The summed E-state index contributed by atoms with van der Waals surface area (Å²) in [6.45, 7) is 2.50. The van der Waals surface area contributed by atoms with E-state index in [-0.39, 0.29) is 29.7 Å². The van der Waals surface area contributed by atoms with Crippen LogP contribution >= 0.6 is 23.4 Å². The highest BCUT2D eigenvalue weighted by Gasteiger charge is 2.16. The third kappa shape index (κ3) is 6.69. The molecule has 0 aliphatic carbocycles. The number of ether oxygens (including phenoxy) is 1. The molecule has 11 heteroatoms. The smallest absolute Gasteiger partial charge is 0.234 e. The lowest BCUT2D eigenvalue weighted by molar-refractivity contribution is -0.116. The van der Waals surface area contributed by atoms with E-state index in [0.29, 0.717) is 40.4 Å². The molecular weight excluding hydrogens is 469 g/mol. The van der Waals surface area contributed by atoms with Crippen LogP contribution in [0.5, 0.6) is 5.75 Å². The number of aryl methyl sites for hydroxylation is 1. The molecule has 0 saturated heterocycles. The summed E-state index contributed by atoms with van der Waals surface area (Å²) in [6, 6.07) is 10.9. The molecule has 0 aliphatic rings. The first-order chi connectivity index (χ1) is 15.9. The zero-order chi connectivity index (χ0) is 23.8. The molecule has 0 saturated carbocycles. The van der Waals surface area contributed by atoms with Crippen molar-refractivity contribution in [3.05, 3.63) is 59.1 Å². The molecule has 0 fully saturated rings. The van der Waals surface area contributed by atoms with E-state index in [4.69, 9.17) is 16.3 Å². The van der Waals surface area contributed by atoms with Crippen molar-refractivity contribution in [2.24, 2.45) is 0 Å². The number of amides is 2. The normalized spacial score (nSPS) is 10.7. The number of carbonyl (C=O) groups excluding carboxylic acids is 2. The van der Waals surface area contributed by atoms with Gasteiger partial charge in [-0.15, -0.1) is 10.2 Å². The minimum atomic E-state index is -0.491. The van der Waals surface area contributed by atoms with E-state index in [2.05, 4.69) is 20.8 Å². The Balaban J connectivity index is 1.56. The molecule has 0 atom stereocenters. The van der Waals surface area contributed by atoms with Crippen LogP contribution < -0.4 is 15.4 Å². The SMILES string of the molecule is CCn1c(CCC(=O)Nc2ccccc2F)nnc1SCC(=O)Nc1cc(Cl)ccc1OC. The highest BCUT2D eigenvalue weighted by molar-refractivity contribution is 7.99. The van der Waals surface area contributed by atoms with Crippen molar-refractivity contribution in [1.82, 2.24) is 14.8 Å². The summed E-state index contributed by atoms with van der Waals surface area (Å²) >= 11 is 7.23. The van der Waals surface area contributed by atoms with E-state index >= 15 is 0 Å². The van der Waals surface area contributed by atoms with Crippen LogP contribution in [0.15, 0.2) is 47.6 Å². The van der Waals surface area contributed by atoms with Crippen LogP contribution in [0.25, 0.3) is 0 Å². The van der Waals surface area contributed by atoms with Crippen molar-refractivity contribution < 1.29 is 18.7 Å². The maximum atomic E-state index is 13.7. The Bertz CT molecular complexity index is 1140. The fraction of sp³-hybridized carbons (Fsp3) is 0.273. The molecule has 3 rings (SSSR count). The highest BCUT2D eigenvalue weighted by atomic mass is 35.5. The third-order valence-corrected chi connectivity index (χ3v) is 5.80. The summed E-state index contributed by atoms with van der Waals surface area (Å²) in [4.78, 5) is 24.6. The van der Waals surface area contributed by atoms with E-state index < -0.39 is 5.82 Å². The van der Waals surface area contributed by atoms with Gasteiger partial charge in [-0.1, -0.05) is 35.5 Å². The average Bonchev–Trinajstić information content (AvgIpc) is 3.20. The van der Waals surface area contributed by atoms with Gasteiger partial charge in [0.1, 0.15) is 17.4 Å². The summed E-state index contributed by atoms with van der Waals surface area (Å²) in [5, 5.41) is 14.7. The molecule has 0 radical (unpaired) electrons. The number of anilines is 2. The molecule has 2 N–H and O–H groups in total. The zero-order valence-corrected chi connectivity index (χ0v) is 19.7. The van der Waals surface area contributed by atoms with E-state index in [1.54, 1.807) is 30.3 Å². The molecule has 1 aromatic heterocycles. The lowest BCUT2D eigenvalue weighted by Gasteiger charge is -2.11. The van der Waals surface area contributed by atoms with E-state index in [1.165, 1.54) is 31.0 Å². The van der Waals surface area contributed by atoms with Crippen LogP contribution in [0, 0.1) is 5.82 Å². The molecule has 0 bridgehead atoms. The van der Waals surface area contributed by atoms with Crippen LogP contribution in [0.4, 0.5) is 15.8 Å². The number of para-hydroxylation sites is 1. The summed E-state index contributed by atoms with van der Waals surface area (Å²) in [5.74, 6) is 0.148. The van der Waals surface area contributed by atoms with Crippen LogP contribution in [0.3, 0.4) is 0 Å². The highest BCUT2D eigenvalue weighted by Crippen LogP contribution is 2.28. The average molecular weight is 492 g/mol. The summed E-state index contributed by atoms with van der Waals surface area (Å²) < 4.78 is 20.8. The number of nitrogens with one attached hydrogen (secondary N) is 2. The van der Waals surface area contributed by atoms with Gasteiger partial charge in [0, 0.05) is 24.4 Å². The van der Waals surface area contributed by atoms with Crippen LogP contribution in [0.1, 0.15) is 19.2 Å². The van der Waals surface area contributed by atoms with Gasteiger partial charge in [0.05, 0.1) is 24.2 Å². The third-order valence-electron chi connectivity index (χ3n) is 4.60. The van der Waals surface area contributed by atoms with Crippen LogP contribution in [0.2, 0.25) is 5.02 Å². The maximum absolute atomic E-state index is 13.7. The van der Waals surface area contributed by atoms with Crippen LogP contribution in [-0.2, 0) is 22.6 Å². The standard InChI is InChI=1S/C22H23ClFN5O3S/c1-3-29-19(10-11-20(30)25-16-7-5-4-6-15(16)24)27-28-22(29)33-13-21(31)26-17-12-14(23)8-9-18(17)32-2/h4-9,12H,3,10-11,13H2,1-2H3,(H,25,30)(H,26,31). The van der Waals surface area contributed by atoms with Crippen molar-refractivity contribution in [1.29, 1.82) is 0 Å². The second-order valence-electron chi connectivity index (χ2n) is 6.85. The molecule has 1 heterocycles. The number of aromatic nitrogens is 3. The Labute approximate surface area is 199 Å². The molecule has 8 nitrogen and oxygen atoms in total. The lowest BCUT2D eigenvalue weighted by Crippen LogP contribution is -2.16. The topological polar surface area (TPSA) is 98.1 Å². The Morgan fingerprint density at radius 1 is 1.12 bits per heavy atom. The summed E-state index contributed by atoms with van der Waals surface area (Å²) in [5.41, 5.74) is 0.618. The van der Waals surface area contributed by atoms with Crippen molar-refractivity contribution in [3.8, 4) is 5.75 Å². The predicted molar refractivity (Wildman–Crippen MR) is 126 cm³/mol. The lowest BCUT2D eigenvalue weighted by atomic mass is 10.2. The molecule has 33 heavy (non-hydrogen) atoms. The first kappa shape index (κ1) is 24.5. The van der Waals surface area contributed by atoms with Crippen LogP contribution in [-0.4, -0.2) is 39.4 Å². The molecule has 0 aliphatic heterocycles. The Kier molecular flexibility index (Phi) is 8.67. The second kappa shape index (κ2) is 11.7. The maximum Gasteiger partial charge on any atom is 0.234 e. The monoisotopic (exact) mass is 491 g/mol. The van der Waals surface area contributed by atoms with E-state index in [9.17, 15) is 14.0 Å². The molecule has 2 amide bonds. The van der Waals surface area contributed by atoms with Crippen molar-refractivity contribution in [2.45, 2.75) is 31.5 Å². The molecule has 2 aromatic carbocycles. The summed E-state index contributed by atoms with van der Waals surface area (Å²) in [7, 11) is 1.51. The minimum Gasteiger partial charge on any atom is -0.495 e. The Morgan fingerprint density at radius 2 is 1.88 bits per heavy atom. The minimum absolute atomic E-state index is 0.0988. The van der Waals surface area contributed by atoms with Gasteiger partial charge in [0.15, 0.2) is 5.16 Å². The van der Waals surface area contributed by atoms with Crippen molar-refractivity contribution >= 4 is 46.6 Å². The molecule has 0 spiro atoms. The van der Waals surface area contributed by atoms with Gasteiger partial charge in [-0.2, -0.15) is 0 Å². The van der Waals surface area contributed by atoms with Crippen molar-refractivity contribution in [3.63, 3.8) is 0 Å². The molecule has 0 unspecified atom stereocenters. The van der Waals surface area contributed by atoms with Gasteiger partial charge in [-0.3, -0.25) is 9.59 Å². The van der Waals surface area contributed by atoms with Gasteiger partial charge in [-0.05, 0) is 37.3 Å². The quantitative estimate of drug-likeness (QED) is 0.408. The number of hydrogen-bond acceptors (Lipinski definition) is 6. The first-order valence-corrected chi connectivity index (χ1v) is 11.5. The number of nitrogens with zero attached hydrogens (tertiary/aromatic N) is 3. The Morgan fingerprint density at radius 3 is 2.61 bits per heavy atom. The fourth-order valence-electron chi connectivity index (χ4n) is 3.02. The Hall–Kier alpha value is -3.11. The van der Waals surface area contributed by atoms with E-state index in [0.717, 1.165) is 0 Å². The fourth-order valence-corrected chi connectivity index (χ4v) is 4.02. The molecule has 3 aromatic rings. The zero-order valence-electron chi connectivity index (χ0n) is 18.1. The van der Waals surface area contributed by atoms with Gasteiger partial charge in [0.25, 0.3) is 0 Å². The van der Waals surface area contributed by atoms with Gasteiger partial charge < -0.3 is 19.9 Å². The molecular formula is C22H23ClFN5O3S. The number of halogens is 2.